The molecule has 0 radical (unpaired) electrons. The summed E-state index contributed by atoms with van der Waals surface area (Å²) in [4.78, 5) is 15.4. The van der Waals surface area contributed by atoms with Gasteiger partial charge in [-0.3, -0.25) is 9.79 Å². The summed E-state index contributed by atoms with van der Waals surface area (Å²) in [6.45, 7) is 1.85. The van der Waals surface area contributed by atoms with Gasteiger partial charge < -0.3 is 14.2 Å². The lowest BCUT2D eigenvalue weighted by Gasteiger charge is -2.08. The molecule has 0 bridgehead atoms. The fourth-order valence-electron chi connectivity index (χ4n) is 1.51. The number of methoxy groups -OCH3 is 3. The fourth-order valence-corrected chi connectivity index (χ4v) is 1.51. The Morgan fingerprint density at radius 1 is 1.32 bits per heavy atom. The number of aliphatic imine (C=N–C) groups is 1. The van der Waals surface area contributed by atoms with Gasteiger partial charge in [0.1, 0.15) is 11.5 Å². The quantitative estimate of drug-likeness (QED) is 0.583. The molecule has 0 N–H and O–H groups in total. The number of benzene rings is 1. The number of hydrogen-bond acceptors (Lipinski definition) is 5. The van der Waals surface area contributed by atoms with Crippen molar-refractivity contribution in [3.63, 3.8) is 0 Å². The lowest BCUT2D eigenvalue weighted by molar-refractivity contribution is -0.140. The van der Waals surface area contributed by atoms with Crippen LogP contribution in [0.15, 0.2) is 23.2 Å². The zero-order chi connectivity index (χ0) is 14.3. The van der Waals surface area contributed by atoms with E-state index in [-0.39, 0.29) is 18.4 Å². The number of hydrogen-bond donors (Lipinski definition) is 0. The molecule has 1 rings (SSSR count). The molecular weight excluding hydrogens is 246 g/mol. The van der Waals surface area contributed by atoms with Gasteiger partial charge in [-0.05, 0) is 19.1 Å². The maximum atomic E-state index is 11.1. The third-order valence-electron chi connectivity index (χ3n) is 2.60. The number of carbonyl (C=O) groups is 1. The van der Waals surface area contributed by atoms with Gasteiger partial charge in [0.05, 0.1) is 33.8 Å². The molecular formula is C14H19NO4. The van der Waals surface area contributed by atoms with E-state index in [9.17, 15) is 4.79 Å². The van der Waals surface area contributed by atoms with E-state index in [0.29, 0.717) is 5.75 Å². The Kier molecular flexibility index (Phi) is 5.85. The first kappa shape index (κ1) is 15.0. The Morgan fingerprint density at radius 2 is 2.05 bits per heavy atom. The highest BCUT2D eigenvalue weighted by atomic mass is 16.5. The van der Waals surface area contributed by atoms with Crippen LogP contribution in [0.4, 0.5) is 0 Å². The summed E-state index contributed by atoms with van der Waals surface area (Å²) in [5.74, 6) is 1.12. The van der Waals surface area contributed by atoms with E-state index < -0.39 is 0 Å². The van der Waals surface area contributed by atoms with Crippen LogP contribution >= 0.6 is 0 Å². The first-order valence-electron chi connectivity index (χ1n) is 5.92. The zero-order valence-electron chi connectivity index (χ0n) is 11.7. The number of carbonyl (C=O) groups excluding carboxylic acids is 1. The van der Waals surface area contributed by atoms with Crippen LogP contribution in [0.5, 0.6) is 11.5 Å². The molecule has 0 saturated heterocycles. The molecule has 1 aromatic carbocycles. The van der Waals surface area contributed by atoms with Gasteiger partial charge in [0.15, 0.2) is 0 Å². The van der Waals surface area contributed by atoms with Gasteiger partial charge in [0, 0.05) is 17.8 Å². The van der Waals surface area contributed by atoms with E-state index >= 15 is 0 Å². The third-order valence-corrected chi connectivity index (χ3v) is 2.60. The van der Waals surface area contributed by atoms with Gasteiger partial charge in [-0.2, -0.15) is 0 Å². The second kappa shape index (κ2) is 7.41. The van der Waals surface area contributed by atoms with Gasteiger partial charge in [-0.1, -0.05) is 0 Å². The SMILES string of the molecule is COC(=O)CC(C)N=Cc1ccc(OC)cc1OC. The summed E-state index contributed by atoms with van der Waals surface area (Å²) in [5.41, 5.74) is 0.833. The molecule has 0 saturated carbocycles. The monoisotopic (exact) mass is 265 g/mol. The molecule has 0 aromatic heterocycles. The lowest BCUT2D eigenvalue weighted by atomic mass is 10.2. The zero-order valence-corrected chi connectivity index (χ0v) is 11.7. The van der Waals surface area contributed by atoms with Gasteiger partial charge in [-0.25, -0.2) is 0 Å². The number of rotatable bonds is 6. The van der Waals surface area contributed by atoms with Crippen LogP contribution < -0.4 is 9.47 Å². The number of esters is 1. The van der Waals surface area contributed by atoms with Crippen molar-refractivity contribution in [3.8, 4) is 11.5 Å². The number of nitrogens with zero attached hydrogens (tertiary/aromatic N) is 1. The molecule has 5 nitrogen and oxygen atoms in total. The van der Waals surface area contributed by atoms with Crippen LogP contribution in [0.1, 0.15) is 18.9 Å². The molecule has 0 amide bonds. The molecule has 5 heteroatoms. The normalized spacial score (nSPS) is 12.2. The fraction of sp³-hybridized carbons (Fsp3) is 0.429. The Morgan fingerprint density at radius 3 is 2.63 bits per heavy atom. The highest BCUT2D eigenvalue weighted by Crippen LogP contribution is 2.23. The van der Waals surface area contributed by atoms with Crippen molar-refractivity contribution in [1.82, 2.24) is 0 Å². The van der Waals surface area contributed by atoms with Crippen molar-refractivity contribution in [2.75, 3.05) is 21.3 Å². The molecule has 104 valence electrons. The summed E-state index contributed by atoms with van der Waals surface area (Å²) in [6, 6.07) is 5.33. The average Bonchev–Trinajstić information content (AvgIpc) is 2.44. The Hall–Kier alpha value is -2.04. The van der Waals surface area contributed by atoms with Crippen molar-refractivity contribution >= 4 is 12.2 Å². The van der Waals surface area contributed by atoms with Crippen LogP contribution in [-0.2, 0) is 9.53 Å². The van der Waals surface area contributed by atoms with Crippen LogP contribution in [0, 0.1) is 0 Å². The Bertz CT molecular complexity index is 457. The van der Waals surface area contributed by atoms with Gasteiger partial charge in [-0.15, -0.1) is 0 Å². The predicted molar refractivity (Wildman–Crippen MR) is 73.2 cm³/mol. The van der Waals surface area contributed by atoms with Gasteiger partial charge >= 0.3 is 5.97 Å². The lowest BCUT2D eigenvalue weighted by Crippen LogP contribution is -2.09. The second-order valence-electron chi connectivity index (χ2n) is 4.02. The average molecular weight is 265 g/mol. The summed E-state index contributed by atoms with van der Waals surface area (Å²) < 4.78 is 15.0. The molecule has 1 atom stereocenters. The molecule has 1 unspecified atom stereocenters. The molecule has 0 aliphatic heterocycles. The maximum absolute atomic E-state index is 11.1. The van der Waals surface area contributed by atoms with Crippen LogP contribution in [-0.4, -0.2) is 39.6 Å². The van der Waals surface area contributed by atoms with E-state index in [4.69, 9.17) is 9.47 Å². The van der Waals surface area contributed by atoms with E-state index in [1.807, 2.05) is 19.1 Å². The minimum absolute atomic E-state index is 0.140. The van der Waals surface area contributed by atoms with Crippen molar-refractivity contribution in [3.05, 3.63) is 23.8 Å². The molecule has 0 spiro atoms. The second-order valence-corrected chi connectivity index (χ2v) is 4.02. The summed E-state index contributed by atoms with van der Waals surface area (Å²) in [5, 5.41) is 0. The molecule has 1 aromatic rings. The van der Waals surface area contributed by atoms with Gasteiger partial charge in [0.25, 0.3) is 0 Å². The number of ether oxygens (including phenoxy) is 3. The van der Waals surface area contributed by atoms with Crippen LogP contribution in [0.3, 0.4) is 0 Å². The van der Waals surface area contributed by atoms with Gasteiger partial charge in [0.2, 0.25) is 0 Å². The van der Waals surface area contributed by atoms with Crippen molar-refractivity contribution in [2.24, 2.45) is 4.99 Å². The van der Waals surface area contributed by atoms with Crippen molar-refractivity contribution in [2.45, 2.75) is 19.4 Å². The highest BCUT2D eigenvalue weighted by Gasteiger charge is 2.07. The van der Waals surface area contributed by atoms with Crippen LogP contribution in [0.2, 0.25) is 0 Å². The standard InChI is InChI=1S/C14H19NO4/c1-10(7-14(16)19-4)15-9-11-5-6-12(17-2)8-13(11)18-3/h5-6,8-10H,7H2,1-4H3. The predicted octanol–water partition coefficient (Wildman–Crippen LogP) is 2.07. The molecule has 0 aliphatic carbocycles. The Balaban J connectivity index is 2.78. The van der Waals surface area contributed by atoms with E-state index in [1.54, 1.807) is 26.5 Å². The summed E-state index contributed by atoms with van der Waals surface area (Å²) in [6.07, 6.45) is 1.94. The minimum Gasteiger partial charge on any atom is -0.497 e. The van der Waals surface area contributed by atoms with E-state index in [2.05, 4.69) is 9.73 Å². The summed E-state index contributed by atoms with van der Waals surface area (Å²) in [7, 11) is 4.55. The maximum Gasteiger partial charge on any atom is 0.307 e. The smallest absolute Gasteiger partial charge is 0.307 e. The van der Waals surface area contributed by atoms with E-state index in [0.717, 1.165) is 11.3 Å². The molecule has 0 heterocycles. The van der Waals surface area contributed by atoms with Crippen molar-refractivity contribution in [1.29, 1.82) is 0 Å². The summed E-state index contributed by atoms with van der Waals surface area (Å²) >= 11 is 0. The van der Waals surface area contributed by atoms with Crippen LogP contribution in [0.25, 0.3) is 0 Å². The molecule has 0 aliphatic rings. The van der Waals surface area contributed by atoms with E-state index in [1.165, 1.54) is 7.11 Å². The highest BCUT2D eigenvalue weighted by molar-refractivity contribution is 5.84. The Labute approximate surface area is 113 Å². The first-order valence-corrected chi connectivity index (χ1v) is 5.92. The first-order chi connectivity index (χ1) is 9.10. The molecule has 0 fully saturated rings. The molecule has 19 heavy (non-hydrogen) atoms. The topological polar surface area (TPSA) is 57.1 Å². The van der Waals surface area contributed by atoms with Crippen molar-refractivity contribution < 1.29 is 19.0 Å². The third kappa shape index (κ3) is 4.62. The largest absolute Gasteiger partial charge is 0.497 e. The minimum atomic E-state index is -0.272.